The number of aliphatic hydroxyl groups is 2. The Morgan fingerprint density at radius 1 is 1.16 bits per heavy atom. The van der Waals surface area contributed by atoms with E-state index < -0.39 is 72.9 Å². The van der Waals surface area contributed by atoms with Crippen LogP contribution < -0.4 is 16.4 Å². The van der Waals surface area contributed by atoms with Gasteiger partial charge in [-0.3, -0.25) is 4.79 Å². The molecule has 0 saturated carbocycles. The van der Waals surface area contributed by atoms with Gasteiger partial charge < -0.3 is 46.3 Å². The third-order valence-electron chi connectivity index (χ3n) is 4.88. The van der Waals surface area contributed by atoms with Crippen LogP contribution in [0.25, 0.3) is 0 Å². The smallest absolute Gasteiger partial charge is 0.477 e. The lowest BCUT2D eigenvalue weighted by atomic mass is 9.92. The van der Waals surface area contributed by atoms with E-state index in [4.69, 9.17) is 25.1 Å². The maximum atomic E-state index is 12.2. The Kier molecular flexibility index (Phi) is 15.2. The Morgan fingerprint density at radius 3 is 2.19 bits per heavy atom. The fourth-order valence-corrected chi connectivity index (χ4v) is 3.12. The molecule has 0 radical (unpaired) electrons. The molecule has 5 atom stereocenters. The van der Waals surface area contributed by atoms with Crippen LogP contribution in [0.1, 0.15) is 46.0 Å². The summed E-state index contributed by atoms with van der Waals surface area (Å²) in [5.74, 6) is -5.16. The average Bonchev–Trinajstić information content (AvgIpc) is 2.80. The number of carboxylic acid groups (broad SMARTS) is 2. The first kappa shape index (κ1) is 33.9. The number of carboxylic acids is 2. The number of aliphatic carboxylic acids is 2. The van der Waals surface area contributed by atoms with E-state index in [0.29, 0.717) is 6.54 Å². The van der Waals surface area contributed by atoms with E-state index in [9.17, 15) is 42.9 Å². The van der Waals surface area contributed by atoms with E-state index in [2.05, 4.69) is 17.6 Å². The highest BCUT2D eigenvalue weighted by Crippen LogP contribution is 2.24. The third-order valence-corrected chi connectivity index (χ3v) is 4.88. The Labute approximate surface area is 210 Å². The van der Waals surface area contributed by atoms with E-state index in [1.54, 1.807) is 0 Å². The minimum Gasteiger partial charge on any atom is -0.477 e. The highest BCUT2D eigenvalue weighted by Gasteiger charge is 2.45. The predicted octanol–water partition coefficient (Wildman–Crippen LogP) is 0.237. The Morgan fingerprint density at radius 2 is 1.73 bits per heavy atom. The summed E-state index contributed by atoms with van der Waals surface area (Å²) < 4.78 is 42.4. The molecule has 1 rings (SSSR count). The van der Waals surface area contributed by atoms with Crippen LogP contribution in [0.5, 0.6) is 0 Å². The van der Waals surface area contributed by atoms with Crippen molar-refractivity contribution in [3.63, 3.8) is 0 Å². The van der Waals surface area contributed by atoms with Crippen LogP contribution in [0.15, 0.2) is 11.8 Å². The number of carbonyl (C=O) groups is 4. The van der Waals surface area contributed by atoms with Crippen LogP contribution in [0.4, 0.5) is 18.0 Å². The topological polar surface area (TPSA) is 218 Å². The number of hydrogen-bond donors (Lipinski definition) is 7. The number of aliphatic hydroxyl groups excluding tert-OH is 2. The molecule has 1 aliphatic heterocycles. The van der Waals surface area contributed by atoms with E-state index in [1.807, 2.05) is 0 Å². The quantitative estimate of drug-likeness (QED) is 0.165. The summed E-state index contributed by atoms with van der Waals surface area (Å²) in [5, 5.41) is 41.0. The lowest BCUT2D eigenvalue weighted by molar-refractivity contribution is -0.192. The first-order chi connectivity index (χ1) is 17.1. The lowest BCUT2D eigenvalue weighted by Gasteiger charge is -2.39. The number of hydrogen-bond acceptors (Lipinski definition) is 9. The largest absolute Gasteiger partial charge is 0.490 e. The Bertz CT molecular complexity index is 794. The standard InChI is InChI=1S/C19H33N3O8.C2HF3O2/c1-3-4-5-6-7-8-21-19(28)30-16(13(25)10-23)17-15(22-11(2)24)12(20)9-14(29-17)18(26)27;3-2(4,5)1(6)7/h9,12-13,15-17,23,25H,3-8,10,20H2,1-2H3,(H,21,28)(H,22,24)(H,26,27);(H,6,7)/t12-,13?,15+,16?,17+;/m0./s1. The van der Waals surface area contributed by atoms with Crippen molar-refractivity contribution in [3.05, 3.63) is 11.8 Å². The van der Waals surface area contributed by atoms with Crippen molar-refractivity contribution in [3.8, 4) is 0 Å². The number of unbranched alkanes of at least 4 members (excludes halogenated alkanes) is 4. The van der Waals surface area contributed by atoms with E-state index in [-0.39, 0.29) is 0 Å². The highest BCUT2D eigenvalue weighted by molar-refractivity contribution is 5.84. The zero-order valence-electron chi connectivity index (χ0n) is 20.4. The van der Waals surface area contributed by atoms with Crippen LogP contribution in [-0.2, 0) is 23.9 Å². The van der Waals surface area contributed by atoms with E-state index in [0.717, 1.165) is 38.2 Å². The molecule has 0 spiro atoms. The summed E-state index contributed by atoms with van der Waals surface area (Å²) in [4.78, 5) is 44.0. The molecule has 0 aliphatic carbocycles. The number of amides is 2. The van der Waals surface area contributed by atoms with Gasteiger partial charge in [-0.1, -0.05) is 32.6 Å². The summed E-state index contributed by atoms with van der Waals surface area (Å²) >= 11 is 0. The first-order valence-corrected chi connectivity index (χ1v) is 11.3. The Balaban J connectivity index is 0.00000161. The number of alkyl carbamates (subject to hydrolysis) is 1. The molecule has 214 valence electrons. The van der Waals surface area contributed by atoms with Crippen LogP contribution in [0.2, 0.25) is 0 Å². The maximum absolute atomic E-state index is 12.2. The van der Waals surface area contributed by atoms with Crippen molar-refractivity contribution in [1.82, 2.24) is 10.6 Å². The summed E-state index contributed by atoms with van der Waals surface area (Å²) in [5.41, 5.74) is 5.96. The van der Waals surface area contributed by atoms with E-state index in [1.165, 1.54) is 6.92 Å². The zero-order valence-corrected chi connectivity index (χ0v) is 20.4. The van der Waals surface area contributed by atoms with Gasteiger partial charge in [0.1, 0.15) is 6.10 Å². The van der Waals surface area contributed by atoms with Crippen molar-refractivity contribution in [2.75, 3.05) is 13.2 Å². The lowest BCUT2D eigenvalue weighted by Crippen LogP contribution is -2.63. The summed E-state index contributed by atoms with van der Waals surface area (Å²) in [6, 6.07) is -1.99. The first-order valence-electron chi connectivity index (χ1n) is 11.3. The Hall–Kier alpha value is -3.11. The fraction of sp³-hybridized carbons (Fsp3) is 0.714. The van der Waals surface area contributed by atoms with Crippen LogP contribution >= 0.6 is 0 Å². The molecule has 0 aromatic heterocycles. The molecule has 0 aromatic carbocycles. The van der Waals surface area contributed by atoms with Gasteiger partial charge in [-0.05, 0) is 12.5 Å². The molecule has 0 aromatic rings. The number of alkyl halides is 3. The van der Waals surface area contributed by atoms with Gasteiger partial charge in [-0.2, -0.15) is 13.2 Å². The van der Waals surface area contributed by atoms with Gasteiger partial charge in [-0.15, -0.1) is 0 Å². The van der Waals surface area contributed by atoms with Crippen LogP contribution in [-0.4, -0.2) is 94.1 Å². The van der Waals surface area contributed by atoms with Crippen molar-refractivity contribution < 1.29 is 62.2 Å². The van der Waals surface area contributed by atoms with Crippen LogP contribution in [0, 0.1) is 0 Å². The van der Waals surface area contributed by atoms with Crippen molar-refractivity contribution >= 4 is 23.9 Å². The van der Waals surface area contributed by atoms with E-state index >= 15 is 0 Å². The SMILES string of the molecule is CCCCCCCNC(=O)OC(C(O)CO)[C@@H]1OC(C(=O)O)=C[C@H](N)[C@H]1NC(C)=O.O=C(O)C(F)(F)F. The number of halogens is 3. The van der Waals surface area contributed by atoms with Gasteiger partial charge >= 0.3 is 24.2 Å². The summed E-state index contributed by atoms with van der Waals surface area (Å²) in [6.45, 7) is 2.89. The predicted molar refractivity (Wildman–Crippen MR) is 120 cm³/mol. The zero-order chi connectivity index (χ0) is 28.8. The van der Waals surface area contributed by atoms with Gasteiger partial charge in [0.2, 0.25) is 11.7 Å². The second-order valence-corrected chi connectivity index (χ2v) is 7.99. The molecule has 0 bridgehead atoms. The monoisotopic (exact) mass is 545 g/mol. The average molecular weight is 546 g/mol. The molecule has 1 heterocycles. The normalized spacial score (nSPS) is 20.6. The third kappa shape index (κ3) is 13.1. The molecular weight excluding hydrogens is 511 g/mol. The molecule has 37 heavy (non-hydrogen) atoms. The van der Waals surface area contributed by atoms with Gasteiger partial charge in [0.25, 0.3) is 0 Å². The summed E-state index contributed by atoms with van der Waals surface area (Å²) in [6.07, 6.45) is -4.31. The molecule has 2 amide bonds. The second-order valence-electron chi connectivity index (χ2n) is 7.99. The maximum Gasteiger partial charge on any atom is 0.490 e. The molecule has 13 nitrogen and oxygen atoms in total. The van der Waals surface area contributed by atoms with Gasteiger partial charge in [0.05, 0.1) is 18.7 Å². The van der Waals surface area contributed by atoms with Gasteiger partial charge in [-0.25, -0.2) is 14.4 Å². The number of ether oxygens (including phenoxy) is 2. The molecule has 1 aliphatic rings. The molecule has 0 fully saturated rings. The molecule has 8 N–H and O–H groups in total. The van der Waals surface area contributed by atoms with Crippen molar-refractivity contribution in [1.29, 1.82) is 0 Å². The molecule has 16 heteroatoms. The molecule has 0 saturated heterocycles. The van der Waals surface area contributed by atoms with Crippen molar-refractivity contribution in [2.24, 2.45) is 5.73 Å². The fourth-order valence-electron chi connectivity index (χ4n) is 3.12. The van der Waals surface area contributed by atoms with Crippen molar-refractivity contribution in [2.45, 2.75) is 82.5 Å². The van der Waals surface area contributed by atoms with Gasteiger partial charge in [0, 0.05) is 13.5 Å². The second kappa shape index (κ2) is 16.6. The number of nitrogens with one attached hydrogen (secondary N) is 2. The number of carbonyl (C=O) groups excluding carboxylic acids is 2. The minimum absolute atomic E-state index is 0.352. The molecular formula is C21H34F3N3O10. The van der Waals surface area contributed by atoms with Gasteiger partial charge in [0.15, 0.2) is 12.2 Å². The van der Waals surface area contributed by atoms with Crippen LogP contribution in [0.3, 0.4) is 0 Å². The highest BCUT2D eigenvalue weighted by atomic mass is 19.4. The number of rotatable bonds is 12. The minimum atomic E-state index is -5.08. The molecule has 2 unspecified atom stereocenters. The summed E-state index contributed by atoms with van der Waals surface area (Å²) in [7, 11) is 0. The number of nitrogens with two attached hydrogens (primary N) is 1.